The number of anilines is 1. The van der Waals surface area contributed by atoms with E-state index < -0.39 is 34.8 Å². The molecule has 0 saturated carbocycles. The number of hydrogen-bond acceptors (Lipinski definition) is 4. The molecule has 1 fully saturated rings. The number of halogens is 3. The molecule has 0 radical (unpaired) electrons. The number of amides is 1. The monoisotopic (exact) mass is 406 g/mol. The molecule has 150 valence electrons. The fourth-order valence-electron chi connectivity index (χ4n) is 2.54. The van der Waals surface area contributed by atoms with Crippen LogP contribution in [0, 0.1) is 0 Å². The van der Waals surface area contributed by atoms with Crippen LogP contribution >= 0.6 is 0 Å². The van der Waals surface area contributed by atoms with Crippen LogP contribution in [0.2, 0.25) is 0 Å². The maximum absolute atomic E-state index is 12.0. The first kappa shape index (κ1) is 21.2. The molecule has 0 bridgehead atoms. The summed E-state index contributed by atoms with van der Waals surface area (Å²) in [5.41, 5.74) is 1.26. The highest BCUT2D eigenvalue weighted by Gasteiger charge is 2.28. The van der Waals surface area contributed by atoms with Gasteiger partial charge in [0, 0.05) is 18.7 Å². The van der Waals surface area contributed by atoms with Crippen molar-refractivity contribution in [1.29, 1.82) is 0 Å². The summed E-state index contributed by atoms with van der Waals surface area (Å²) < 4.78 is 65.6. The van der Waals surface area contributed by atoms with Crippen LogP contribution in [0.4, 0.5) is 18.9 Å². The van der Waals surface area contributed by atoms with Gasteiger partial charge in [0.1, 0.15) is 6.61 Å². The van der Waals surface area contributed by atoms with Gasteiger partial charge in [-0.2, -0.15) is 13.2 Å². The Morgan fingerprint density at radius 1 is 1.33 bits per heavy atom. The molecule has 1 atom stereocenters. The van der Waals surface area contributed by atoms with Crippen LogP contribution in [-0.2, 0) is 19.6 Å². The number of sulfonamides is 1. The standard InChI is InChI=1S/C17H21F3N2O4S/c1-13(11-26-12-17(18,19)20)21-16(23)8-5-14-3-6-15(7-4-14)22-9-2-10-27(22,24)25/h3-8,13H,2,9-12H2,1H3,(H,21,23)/b8-5+. The van der Waals surface area contributed by atoms with Gasteiger partial charge in [0.05, 0.1) is 18.0 Å². The smallest absolute Gasteiger partial charge is 0.370 e. The van der Waals surface area contributed by atoms with E-state index in [1.807, 2.05) is 0 Å². The molecule has 27 heavy (non-hydrogen) atoms. The first-order valence-corrected chi connectivity index (χ1v) is 9.91. The second-order valence-electron chi connectivity index (χ2n) is 6.21. The van der Waals surface area contributed by atoms with Crippen molar-refractivity contribution < 1.29 is 31.1 Å². The quantitative estimate of drug-likeness (QED) is 0.706. The Morgan fingerprint density at radius 2 is 2.00 bits per heavy atom. The van der Waals surface area contributed by atoms with E-state index in [2.05, 4.69) is 10.1 Å². The SMILES string of the molecule is CC(COCC(F)(F)F)NC(=O)/C=C/c1ccc(N2CCCS2(=O)=O)cc1. The van der Waals surface area contributed by atoms with Crippen LogP contribution in [0.1, 0.15) is 18.9 Å². The number of ether oxygens (including phenoxy) is 1. The molecule has 1 heterocycles. The number of nitrogens with zero attached hydrogens (tertiary/aromatic N) is 1. The molecule has 1 aromatic carbocycles. The third-order valence-electron chi connectivity index (χ3n) is 3.73. The van der Waals surface area contributed by atoms with Gasteiger partial charge in [-0.1, -0.05) is 12.1 Å². The number of hydrogen-bond donors (Lipinski definition) is 1. The average molecular weight is 406 g/mol. The average Bonchev–Trinajstić information content (AvgIpc) is 2.91. The molecule has 1 aliphatic heterocycles. The van der Waals surface area contributed by atoms with Gasteiger partial charge in [0.25, 0.3) is 0 Å². The largest absolute Gasteiger partial charge is 0.411 e. The highest BCUT2D eigenvalue weighted by molar-refractivity contribution is 7.93. The summed E-state index contributed by atoms with van der Waals surface area (Å²) in [6.45, 7) is 0.377. The normalized spacial score (nSPS) is 18.0. The highest BCUT2D eigenvalue weighted by Crippen LogP contribution is 2.24. The van der Waals surface area contributed by atoms with Crippen molar-refractivity contribution in [3.63, 3.8) is 0 Å². The number of benzene rings is 1. The minimum atomic E-state index is -4.40. The second kappa shape index (κ2) is 8.75. The van der Waals surface area contributed by atoms with Crippen LogP contribution in [0.3, 0.4) is 0 Å². The van der Waals surface area contributed by atoms with Gasteiger partial charge < -0.3 is 10.1 Å². The van der Waals surface area contributed by atoms with Crippen LogP contribution in [0.15, 0.2) is 30.3 Å². The molecular formula is C17H21F3N2O4S. The molecular weight excluding hydrogens is 385 g/mol. The lowest BCUT2D eigenvalue weighted by molar-refractivity contribution is -0.175. The van der Waals surface area contributed by atoms with E-state index in [0.29, 0.717) is 24.2 Å². The maximum Gasteiger partial charge on any atom is 0.411 e. The minimum absolute atomic E-state index is 0.139. The topological polar surface area (TPSA) is 75.7 Å². The second-order valence-corrected chi connectivity index (χ2v) is 8.22. The summed E-state index contributed by atoms with van der Waals surface area (Å²) in [5, 5.41) is 2.50. The van der Waals surface area contributed by atoms with Gasteiger partial charge >= 0.3 is 6.18 Å². The fourth-order valence-corrected chi connectivity index (χ4v) is 4.10. The predicted octanol–water partition coefficient (Wildman–Crippen LogP) is 2.32. The lowest BCUT2D eigenvalue weighted by Crippen LogP contribution is -2.35. The Kier molecular flexibility index (Phi) is 6.88. The summed E-state index contributed by atoms with van der Waals surface area (Å²) in [6, 6.07) is 6.11. The highest BCUT2D eigenvalue weighted by atomic mass is 32.2. The molecule has 6 nitrogen and oxygen atoms in total. The third-order valence-corrected chi connectivity index (χ3v) is 5.60. The molecule has 1 saturated heterocycles. The predicted molar refractivity (Wildman–Crippen MR) is 95.7 cm³/mol. The van der Waals surface area contributed by atoms with E-state index in [9.17, 15) is 26.4 Å². The van der Waals surface area contributed by atoms with Crippen molar-refractivity contribution in [3.05, 3.63) is 35.9 Å². The molecule has 0 spiro atoms. The van der Waals surface area contributed by atoms with Gasteiger partial charge in [-0.05, 0) is 37.1 Å². The van der Waals surface area contributed by atoms with E-state index in [0.717, 1.165) is 0 Å². The molecule has 2 rings (SSSR count). The molecule has 1 N–H and O–H groups in total. The zero-order valence-electron chi connectivity index (χ0n) is 14.7. The van der Waals surface area contributed by atoms with Gasteiger partial charge in [-0.25, -0.2) is 8.42 Å². The van der Waals surface area contributed by atoms with E-state index in [1.54, 1.807) is 24.3 Å². The molecule has 1 aliphatic rings. The molecule has 1 unspecified atom stereocenters. The van der Waals surface area contributed by atoms with Gasteiger partial charge in [0.15, 0.2) is 0 Å². The van der Waals surface area contributed by atoms with Crippen molar-refractivity contribution in [3.8, 4) is 0 Å². The Labute approximate surface area is 156 Å². The fraction of sp³-hybridized carbons (Fsp3) is 0.471. The van der Waals surface area contributed by atoms with Gasteiger partial charge in [0.2, 0.25) is 15.9 Å². The zero-order valence-corrected chi connectivity index (χ0v) is 15.5. The third kappa shape index (κ3) is 6.87. The summed E-state index contributed by atoms with van der Waals surface area (Å²) in [7, 11) is -3.24. The number of carbonyl (C=O) groups is 1. The molecule has 1 amide bonds. The first-order valence-electron chi connectivity index (χ1n) is 8.30. The van der Waals surface area contributed by atoms with E-state index in [-0.39, 0.29) is 12.4 Å². The lowest BCUT2D eigenvalue weighted by Gasteiger charge is -2.16. The van der Waals surface area contributed by atoms with Crippen LogP contribution in [-0.4, -0.2) is 52.1 Å². The van der Waals surface area contributed by atoms with Gasteiger partial charge in [-0.15, -0.1) is 0 Å². The van der Waals surface area contributed by atoms with Crippen LogP contribution in [0.5, 0.6) is 0 Å². The Morgan fingerprint density at radius 3 is 2.56 bits per heavy atom. The number of carbonyl (C=O) groups excluding carboxylic acids is 1. The van der Waals surface area contributed by atoms with Crippen molar-refractivity contribution >= 4 is 27.7 Å². The number of alkyl halides is 3. The van der Waals surface area contributed by atoms with Crippen LogP contribution < -0.4 is 9.62 Å². The van der Waals surface area contributed by atoms with Gasteiger partial charge in [-0.3, -0.25) is 9.10 Å². The van der Waals surface area contributed by atoms with Crippen molar-refractivity contribution in [2.75, 3.05) is 29.8 Å². The summed E-state index contributed by atoms with van der Waals surface area (Å²) >= 11 is 0. The Balaban J connectivity index is 1.84. The Bertz CT molecular complexity index is 776. The van der Waals surface area contributed by atoms with Crippen molar-refractivity contribution in [1.82, 2.24) is 5.32 Å². The number of rotatable bonds is 7. The zero-order chi connectivity index (χ0) is 20.1. The minimum Gasteiger partial charge on any atom is -0.370 e. The Hall–Kier alpha value is -2.07. The van der Waals surface area contributed by atoms with Crippen molar-refractivity contribution in [2.24, 2.45) is 0 Å². The summed E-state index contributed by atoms with van der Waals surface area (Å²) in [6.07, 6.45) is -1.03. The molecule has 0 aliphatic carbocycles. The summed E-state index contributed by atoms with van der Waals surface area (Å²) in [5.74, 6) is -0.330. The van der Waals surface area contributed by atoms with E-state index in [4.69, 9.17) is 0 Å². The molecule has 10 heteroatoms. The molecule has 0 aromatic heterocycles. The van der Waals surface area contributed by atoms with Crippen molar-refractivity contribution in [2.45, 2.75) is 25.6 Å². The lowest BCUT2D eigenvalue weighted by atomic mass is 10.2. The first-order chi connectivity index (χ1) is 12.6. The summed E-state index contributed by atoms with van der Waals surface area (Å²) in [4.78, 5) is 11.8. The van der Waals surface area contributed by atoms with Crippen LogP contribution in [0.25, 0.3) is 6.08 Å². The van der Waals surface area contributed by atoms with E-state index in [1.165, 1.54) is 23.4 Å². The molecule has 1 aromatic rings. The van der Waals surface area contributed by atoms with E-state index >= 15 is 0 Å². The maximum atomic E-state index is 12.0. The number of nitrogens with one attached hydrogen (secondary N) is 1.